The minimum absolute atomic E-state index is 0.0305. The molecule has 110 valence electrons. The summed E-state index contributed by atoms with van der Waals surface area (Å²) in [5.74, 6) is 0.565. The molecule has 3 heterocycles. The van der Waals surface area contributed by atoms with Crippen molar-refractivity contribution in [3.63, 3.8) is 0 Å². The molecule has 7 heteroatoms. The number of piperidine rings is 1. The van der Waals surface area contributed by atoms with Gasteiger partial charge in [0.15, 0.2) is 0 Å². The third-order valence-corrected chi connectivity index (χ3v) is 3.41. The lowest BCUT2D eigenvalue weighted by molar-refractivity contribution is -0.134. The molecular weight excluding hydrogens is 270 g/mol. The van der Waals surface area contributed by atoms with Gasteiger partial charge < -0.3 is 9.64 Å². The molecule has 0 spiro atoms. The Morgan fingerprint density at radius 3 is 3.10 bits per heavy atom. The van der Waals surface area contributed by atoms with E-state index in [1.165, 1.54) is 0 Å². The zero-order valence-corrected chi connectivity index (χ0v) is 11.6. The van der Waals surface area contributed by atoms with Crippen LogP contribution in [-0.2, 0) is 11.3 Å². The average molecular weight is 287 g/mol. The summed E-state index contributed by atoms with van der Waals surface area (Å²) >= 11 is 0. The number of ether oxygens (including phenoxy) is 1. The SMILES string of the molecule is O=C(Cn1cccn1)N1CCC[C@H](Oc2cnccn2)C1. The van der Waals surface area contributed by atoms with E-state index in [0.29, 0.717) is 12.4 Å². The van der Waals surface area contributed by atoms with Crippen molar-refractivity contribution >= 4 is 5.91 Å². The van der Waals surface area contributed by atoms with Crippen LogP contribution in [0.2, 0.25) is 0 Å². The van der Waals surface area contributed by atoms with Crippen molar-refractivity contribution in [1.29, 1.82) is 0 Å². The summed E-state index contributed by atoms with van der Waals surface area (Å²) in [5.41, 5.74) is 0. The molecule has 0 N–H and O–H groups in total. The van der Waals surface area contributed by atoms with Gasteiger partial charge in [-0.15, -0.1) is 0 Å². The first-order valence-electron chi connectivity index (χ1n) is 6.99. The van der Waals surface area contributed by atoms with Crippen molar-refractivity contribution < 1.29 is 9.53 Å². The van der Waals surface area contributed by atoms with E-state index in [-0.39, 0.29) is 18.6 Å². The van der Waals surface area contributed by atoms with Crippen molar-refractivity contribution in [3.05, 3.63) is 37.1 Å². The van der Waals surface area contributed by atoms with Crippen LogP contribution >= 0.6 is 0 Å². The maximum Gasteiger partial charge on any atom is 0.244 e. The second kappa shape index (κ2) is 6.34. The molecule has 0 aliphatic carbocycles. The molecule has 0 bridgehead atoms. The van der Waals surface area contributed by atoms with Crippen LogP contribution in [0.3, 0.4) is 0 Å². The number of rotatable bonds is 4. The Labute approximate surface area is 122 Å². The van der Waals surface area contributed by atoms with Crippen LogP contribution in [0.15, 0.2) is 37.1 Å². The first-order valence-corrected chi connectivity index (χ1v) is 6.99. The number of hydrogen-bond donors (Lipinski definition) is 0. The Balaban J connectivity index is 1.56. The number of carbonyl (C=O) groups is 1. The summed E-state index contributed by atoms with van der Waals surface area (Å²) in [7, 11) is 0. The lowest BCUT2D eigenvalue weighted by Crippen LogP contribution is -2.45. The molecule has 7 nitrogen and oxygen atoms in total. The second-order valence-corrected chi connectivity index (χ2v) is 4.97. The zero-order valence-electron chi connectivity index (χ0n) is 11.6. The monoisotopic (exact) mass is 287 g/mol. The molecule has 3 rings (SSSR count). The lowest BCUT2D eigenvalue weighted by Gasteiger charge is -2.32. The maximum atomic E-state index is 12.2. The fourth-order valence-corrected chi connectivity index (χ4v) is 2.41. The number of aromatic nitrogens is 4. The van der Waals surface area contributed by atoms with Crippen molar-refractivity contribution in [2.45, 2.75) is 25.5 Å². The van der Waals surface area contributed by atoms with Gasteiger partial charge in [-0.2, -0.15) is 5.10 Å². The largest absolute Gasteiger partial charge is 0.471 e. The van der Waals surface area contributed by atoms with E-state index < -0.39 is 0 Å². The number of nitrogens with zero attached hydrogens (tertiary/aromatic N) is 5. The van der Waals surface area contributed by atoms with Gasteiger partial charge >= 0.3 is 0 Å². The summed E-state index contributed by atoms with van der Waals surface area (Å²) in [4.78, 5) is 22.1. The molecule has 0 radical (unpaired) electrons. The van der Waals surface area contributed by atoms with E-state index in [2.05, 4.69) is 15.1 Å². The third-order valence-electron chi connectivity index (χ3n) is 3.41. The molecular formula is C14H17N5O2. The highest BCUT2D eigenvalue weighted by Crippen LogP contribution is 2.16. The minimum atomic E-state index is -0.0305. The molecule has 1 atom stereocenters. The van der Waals surface area contributed by atoms with Gasteiger partial charge in [-0.05, 0) is 18.9 Å². The number of amides is 1. The number of hydrogen-bond acceptors (Lipinski definition) is 5. The first-order chi connectivity index (χ1) is 10.3. The van der Waals surface area contributed by atoms with Crippen LogP contribution < -0.4 is 4.74 Å². The van der Waals surface area contributed by atoms with E-state index in [1.807, 2.05) is 11.0 Å². The normalized spacial score (nSPS) is 18.5. The summed E-state index contributed by atoms with van der Waals surface area (Å²) in [6.07, 6.45) is 10.1. The van der Waals surface area contributed by atoms with Crippen molar-refractivity contribution in [3.8, 4) is 5.88 Å². The second-order valence-electron chi connectivity index (χ2n) is 4.97. The Bertz CT molecular complexity index is 572. The maximum absolute atomic E-state index is 12.2. The molecule has 0 aromatic carbocycles. The molecule has 1 saturated heterocycles. The van der Waals surface area contributed by atoms with Gasteiger partial charge in [0.25, 0.3) is 0 Å². The van der Waals surface area contributed by atoms with Gasteiger partial charge in [-0.25, -0.2) is 4.98 Å². The number of likely N-dealkylation sites (tertiary alicyclic amines) is 1. The van der Waals surface area contributed by atoms with Crippen LogP contribution in [0.4, 0.5) is 0 Å². The standard InChI is InChI=1S/C14H17N5O2/c20-14(11-19-8-2-4-17-19)18-7-1-3-12(10-18)21-13-9-15-5-6-16-13/h2,4-6,8-9,12H,1,3,7,10-11H2/t12-/m0/s1. The van der Waals surface area contributed by atoms with Gasteiger partial charge in [0, 0.05) is 31.3 Å². The quantitative estimate of drug-likeness (QED) is 0.829. The van der Waals surface area contributed by atoms with E-state index in [9.17, 15) is 4.79 Å². The Morgan fingerprint density at radius 1 is 1.38 bits per heavy atom. The van der Waals surface area contributed by atoms with Crippen molar-refractivity contribution in [2.24, 2.45) is 0 Å². The van der Waals surface area contributed by atoms with E-state index in [0.717, 1.165) is 19.4 Å². The van der Waals surface area contributed by atoms with Crippen LogP contribution in [-0.4, -0.2) is 49.7 Å². The Morgan fingerprint density at radius 2 is 2.33 bits per heavy atom. The lowest BCUT2D eigenvalue weighted by atomic mass is 10.1. The third kappa shape index (κ3) is 3.56. The highest BCUT2D eigenvalue weighted by molar-refractivity contribution is 5.76. The molecule has 1 fully saturated rings. The summed E-state index contributed by atoms with van der Waals surface area (Å²) in [6, 6.07) is 1.81. The first kappa shape index (κ1) is 13.5. The van der Waals surface area contributed by atoms with Crippen LogP contribution in [0, 0.1) is 0 Å². The number of carbonyl (C=O) groups excluding carboxylic acids is 1. The van der Waals surface area contributed by atoms with Gasteiger partial charge in [0.1, 0.15) is 12.6 Å². The highest BCUT2D eigenvalue weighted by atomic mass is 16.5. The smallest absolute Gasteiger partial charge is 0.244 e. The summed E-state index contributed by atoms with van der Waals surface area (Å²) in [6.45, 7) is 1.61. The summed E-state index contributed by atoms with van der Waals surface area (Å²) < 4.78 is 7.42. The van der Waals surface area contributed by atoms with Crippen molar-refractivity contribution in [1.82, 2.24) is 24.6 Å². The Hall–Kier alpha value is -2.44. The fraction of sp³-hybridized carbons (Fsp3) is 0.429. The van der Waals surface area contributed by atoms with Gasteiger partial charge in [0.05, 0.1) is 12.7 Å². The Kier molecular flexibility index (Phi) is 4.09. The topological polar surface area (TPSA) is 73.1 Å². The van der Waals surface area contributed by atoms with Gasteiger partial charge in [-0.3, -0.25) is 14.5 Å². The molecule has 0 saturated carbocycles. The van der Waals surface area contributed by atoms with E-state index in [1.54, 1.807) is 35.7 Å². The van der Waals surface area contributed by atoms with Gasteiger partial charge in [-0.1, -0.05) is 0 Å². The predicted molar refractivity (Wildman–Crippen MR) is 74.5 cm³/mol. The van der Waals surface area contributed by atoms with Crippen LogP contribution in [0.25, 0.3) is 0 Å². The highest BCUT2D eigenvalue weighted by Gasteiger charge is 2.25. The molecule has 2 aromatic heterocycles. The molecule has 2 aromatic rings. The zero-order chi connectivity index (χ0) is 14.5. The molecule has 1 aliphatic rings. The average Bonchev–Trinajstić information content (AvgIpc) is 3.01. The van der Waals surface area contributed by atoms with Crippen LogP contribution in [0.5, 0.6) is 5.88 Å². The predicted octanol–water partition coefficient (Wildman–Crippen LogP) is 0.743. The summed E-state index contributed by atoms with van der Waals surface area (Å²) in [5, 5.41) is 4.06. The van der Waals surface area contributed by atoms with E-state index in [4.69, 9.17) is 4.74 Å². The minimum Gasteiger partial charge on any atom is -0.471 e. The molecule has 21 heavy (non-hydrogen) atoms. The van der Waals surface area contributed by atoms with E-state index >= 15 is 0 Å². The molecule has 0 unspecified atom stereocenters. The van der Waals surface area contributed by atoms with Crippen molar-refractivity contribution in [2.75, 3.05) is 13.1 Å². The fourth-order valence-electron chi connectivity index (χ4n) is 2.41. The van der Waals surface area contributed by atoms with Crippen LogP contribution in [0.1, 0.15) is 12.8 Å². The molecule has 1 aliphatic heterocycles. The van der Waals surface area contributed by atoms with Gasteiger partial charge in [0.2, 0.25) is 11.8 Å². The molecule has 1 amide bonds.